The van der Waals surface area contributed by atoms with Crippen LogP contribution in [-0.2, 0) is 16.3 Å². The van der Waals surface area contributed by atoms with Crippen LogP contribution in [0.3, 0.4) is 0 Å². The van der Waals surface area contributed by atoms with Gasteiger partial charge in [-0.05, 0) is 57.0 Å². The minimum Gasteiger partial charge on any atom is -0.361 e. The third kappa shape index (κ3) is 4.35. The van der Waals surface area contributed by atoms with Crippen LogP contribution < -0.4 is 0 Å². The van der Waals surface area contributed by atoms with Crippen molar-refractivity contribution >= 4 is 32.5 Å². The number of hydrogen-bond donors (Lipinski definition) is 1. The highest BCUT2D eigenvalue weighted by molar-refractivity contribution is 7.99. The highest BCUT2D eigenvalue weighted by Crippen LogP contribution is 2.34. The van der Waals surface area contributed by atoms with Crippen molar-refractivity contribution in [2.75, 3.05) is 37.9 Å². The maximum Gasteiger partial charge on any atom is 0.150 e. The number of aromatic amines is 1. The van der Waals surface area contributed by atoms with Gasteiger partial charge < -0.3 is 9.88 Å². The summed E-state index contributed by atoms with van der Waals surface area (Å²) in [6.45, 7) is 1.03. The molecule has 0 spiro atoms. The van der Waals surface area contributed by atoms with Gasteiger partial charge in [0.2, 0.25) is 0 Å². The summed E-state index contributed by atoms with van der Waals surface area (Å²) in [6, 6.07) is 6.42. The van der Waals surface area contributed by atoms with Gasteiger partial charge in [-0.25, -0.2) is 8.42 Å². The molecule has 1 aliphatic rings. The minimum absolute atomic E-state index is 0.362. The van der Waals surface area contributed by atoms with E-state index in [1.807, 2.05) is 11.8 Å². The van der Waals surface area contributed by atoms with Crippen LogP contribution in [0.15, 0.2) is 29.3 Å². The molecule has 4 nitrogen and oxygen atoms in total. The van der Waals surface area contributed by atoms with Gasteiger partial charge in [0.15, 0.2) is 0 Å². The van der Waals surface area contributed by atoms with Crippen LogP contribution in [0.1, 0.15) is 18.4 Å². The molecule has 0 unspecified atom stereocenters. The van der Waals surface area contributed by atoms with Crippen molar-refractivity contribution in [3.05, 3.63) is 30.0 Å². The zero-order valence-corrected chi connectivity index (χ0v) is 16.0. The number of rotatable bonds is 6. The van der Waals surface area contributed by atoms with E-state index in [0.717, 1.165) is 31.6 Å². The summed E-state index contributed by atoms with van der Waals surface area (Å²) in [5.74, 6) is 2.24. The molecule has 1 N–H and O–H groups in total. The molecule has 2 heterocycles. The molecule has 0 atom stereocenters. The molecule has 0 aliphatic carbocycles. The van der Waals surface area contributed by atoms with Crippen molar-refractivity contribution in [2.24, 2.45) is 5.92 Å². The van der Waals surface area contributed by atoms with Crippen molar-refractivity contribution < 1.29 is 8.42 Å². The van der Waals surface area contributed by atoms with Gasteiger partial charge >= 0.3 is 0 Å². The summed E-state index contributed by atoms with van der Waals surface area (Å²) in [5.41, 5.74) is 2.56. The molecular weight excluding hydrogens is 340 g/mol. The smallest absolute Gasteiger partial charge is 0.150 e. The molecule has 1 aromatic heterocycles. The summed E-state index contributed by atoms with van der Waals surface area (Å²) < 4.78 is 23.1. The van der Waals surface area contributed by atoms with E-state index in [-0.39, 0.29) is 0 Å². The Morgan fingerprint density at radius 2 is 2.00 bits per heavy atom. The van der Waals surface area contributed by atoms with Gasteiger partial charge in [0.25, 0.3) is 0 Å². The number of sulfone groups is 1. The van der Waals surface area contributed by atoms with E-state index < -0.39 is 9.84 Å². The number of nitrogens with zero attached hydrogens (tertiary/aromatic N) is 1. The number of H-pyrrole nitrogens is 1. The molecule has 0 bridgehead atoms. The number of benzene rings is 1. The van der Waals surface area contributed by atoms with E-state index in [1.54, 1.807) is 0 Å². The molecule has 132 valence electrons. The van der Waals surface area contributed by atoms with E-state index in [1.165, 1.54) is 21.4 Å². The Hall–Kier alpha value is -0.980. The molecule has 1 aliphatic heterocycles. The van der Waals surface area contributed by atoms with E-state index in [0.29, 0.717) is 17.4 Å². The average Bonchev–Trinajstić information content (AvgIpc) is 2.96. The van der Waals surface area contributed by atoms with Crippen LogP contribution in [0.4, 0.5) is 0 Å². The molecule has 0 amide bonds. The lowest BCUT2D eigenvalue weighted by molar-refractivity contribution is 0.414. The Kier molecular flexibility index (Phi) is 5.57. The average molecular weight is 367 g/mol. The Morgan fingerprint density at radius 1 is 1.25 bits per heavy atom. The van der Waals surface area contributed by atoms with Crippen LogP contribution in [0, 0.1) is 5.92 Å². The molecule has 1 aromatic carbocycles. The number of likely N-dealkylation sites (N-methyl/N-ethyl adjacent to an activating group) is 1. The SMILES string of the molecule is CN(C)CCc1c[nH]c2cccc(SCC3CCS(=O)(=O)CC3)c12. The standard InChI is InChI=1S/C18H26N2O2S2/c1-20(2)9-6-15-12-19-16-4-3-5-17(18(15)16)23-13-14-7-10-24(21,22)11-8-14/h3-5,12,14,19H,6-11,13H2,1-2H3. The summed E-state index contributed by atoms with van der Waals surface area (Å²) in [6.07, 6.45) is 4.79. The lowest BCUT2D eigenvalue weighted by Crippen LogP contribution is -2.24. The largest absolute Gasteiger partial charge is 0.361 e. The number of aromatic nitrogens is 1. The van der Waals surface area contributed by atoms with Gasteiger partial charge in [0, 0.05) is 34.3 Å². The van der Waals surface area contributed by atoms with Crippen LogP contribution in [0.2, 0.25) is 0 Å². The highest BCUT2D eigenvalue weighted by atomic mass is 32.2. The predicted octanol–water partition coefficient (Wildman–Crippen LogP) is 3.19. The van der Waals surface area contributed by atoms with Gasteiger partial charge in [-0.2, -0.15) is 0 Å². The van der Waals surface area contributed by atoms with Crippen molar-refractivity contribution in [1.29, 1.82) is 0 Å². The third-order valence-electron chi connectivity index (χ3n) is 4.73. The Bertz CT molecular complexity index is 782. The second-order valence-corrected chi connectivity index (χ2v) is 10.3. The van der Waals surface area contributed by atoms with E-state index in [2.05, 4.69) is 48.4 Å². The van der Waals surface area contributed by atoms with Gasteiger partial charge in [0.05, 0.1) is 11.5 Å². The Labute approximate surface area is 148 Å². The minimum atomic E-state index is -2.77. The molecule has 0 radical (unpaired) electrons. The van der Waals surface area contributed by atoms with E-state index in [4.69, 9.17) is 0 Å². The van der Waals surface area contributed by atoms with Gasteiger partial charge in [-0.3, -0.25) is 0 Å². The Morgan fingerprint density at radius 3 is 2.71 bits per heavy atom. The number of hydrogen-bond acceptors (Lipinski definition) is 4. The quantitative estimate of drug-likeness (QED) is 0.798. The topological polar surface area (TPSA) is 53.2 Å². The summed E-state index contributed by atoms with van der Waals surface area (Å²) >= 11 is 1.88. The first kappa shape index (κ1) is 17.8. The summed E-state index contributed by atoms with van der Waals surface area (Å²) in [5, 5.41) is 1.34. The highest BCUT2D eigenvalue weighted by Gasteiger charge is 2.23. The lowest BCUT2D eigenvalue weighted by Gasteiger charge is -2.21. The summed E-state index contributed by atoms with van der Waals surface area (Å²) in [4.78, 5) is 6.91. The molecular formula is C18H26N2O2S2. The molecule has 2 aromatic rings. The van der Waals surface area contributed by atoms with Crippen molar-refractivity contribution in [3.63, 3.8) is 0 Å². The molecule has 6 heteroatoms. The number of thioether (sulfide) groups is 1. The summed E-state index contributed by atoms with van der Waals surface area (Å²) in [7, 11) is 1.43. The van der Waals surface area contributed by atoms with E-state index >= 15 is 0 Å². The van der Waals surface area contributed by atoms with Gasteiger partial charge in [-0.1, -0.05) is 6.07 Å². The monoisotopic (exact) mass is 366 g/mol. The van der Waals surface area contributed by atoms with Gasteiger partial charge in [-0.15, -0.1) is 11.8 Å². The fourth-order valence-electron chi connectivity index (χ4n) is 3.19. The molecule has 1 fully saturated rings. The first-order chi connectivity index (χ1) is 11.4. The predicted molar refractivity (Wildman–Crippen MR) is 103 cm³/mol. The maximum atomic E-state index is 11.6. The second-order valence-electron chi connectivity index (χ2n) is 6.95. The number of nitrogens with one attached hydrogen (secondary N) is 1. The normalized spacial score (nSPS) is 18.5. The van der Waals surface area contributed by atoms with Crippen LogP contribution >= 0.6 is 11.8 Å². The van der Waals surface area contributed by atoms with Gasteiger partial charge in [0.1, 0.15) is 9.84 Å². The zero-order chi connectivity index (χ0) is 17.2. The molecule has 3 rings (SSSR count). The fraction of sp³-hybridized carbons (Fsp3) is 0.556. The molecule has 1 saturated heterocycles. The molecule has 0 saturated carbocycles. The van der Waals surface area contributed by atoms with Crippen LogP contribution in [0.25, 0.3) is 10.9 Å². The maximum absolute atomic E-state index is 11.6. The van der Waals surface area contributed by atoms with Crippen LogP contribution in [-0.4, -0.2) is 56.2 Å². The first-order valence-corrected chi connectivity index (χ1v) is 11.3. The second kappa shape index (κ2) is 7.50. The first-order valence-electron chi connectivity index (χ1n) is 8.51. The van der Waals surface area contributed by atoms with E-state index in [9.17, 15) is 8.42 Å². The zero-order valence-electron chi connectivity index (χ0n) is 14.4. The van der Waals surface area contributed by atoms with Crippen molar-refractivity contribution in [1.82, 2.24) is 9.88 Å². The fourth-order valence-corrected chi connectivity index (χ4v) is 6.09. The third-order valence-corrected chi connectivity index (χ3v) is 7.73. The Balaban J connectivity index is 1.71. The number of fused-ring (bicyclic) bond motifs is 1. The molecule has 24 heavy (non-hydrogen) atoms. The van der Waals surface area contributed by atoms with Crippen LogP contribution in [0.5, 0.6) is 0 Å². The van der Waals surface area contributed by atoms with Crippen molar-refractivity contribution in [3.8, 4) is 0 Å². The lowest BCUT2D eigenvalue weighted by atomic mass is 10.1. The van der Waals surface area contributed by atoms with Crippen molar-refractivity contribution in [2.45, 2.75) is 24.2 Å².